The van der Waals surface area contributed by atoms with Crippen molar-refractivity contribution in [2.75, 3.05) is 10.6 Å². The molecule has 3 aromatic carbocycles. The molecule has 0 aliphatic heterocycles. The molecule has 1 heterocycles. The summed E-state index contributed by atoms with van der Waals surface area (Å²) >= 11 is 0. The number of nitrogens with one attached hydrogen (secondary N) is 2. The van der Waals surface area contributed by atoms with Gasteiger partial charge in [-0.3, -0.25) is 0 Å². The van der Waals surface area contributed by atoms with Gasteiger partial charge in [0, 0.05) is 16.9 Å². The molecule has 0 spiro atoms. The van der Waals surface area contributed by atoms with Crippen molar-refractivity contribution in [3.8, 4) is 11.4 Å². The third-order valence-corrected chi connectivity index (χ3v) is 19.0. The zero-order valence-corrected chi connectivity index (χ0v) is 58.4. The number of hydrogen-bond acceptors (Lipinski definition) is 5. The number of anilines is 4. The Bertz CT molecular complexity index is 2030. The van der Waals surface area contributed by atoms with Gasteiger partial charge < -0.3 is 10.6 Å². The van der Waals surface area contributed by atoms with Crippen molar-refractivity contribution in [3.05, 3.63) is 94.4 Å². The highest BCUT2D eigenvalue weighted by Gasteiger charge is 2.18. The number of nitrogens with zero attached hydrogens (tertiary/aromatic N) is 3. The highest BCUT2D eigenvalue weighted by molar-refractivity contribution is 5.66. The smallest absolute Gasteiger partial charge is 0.232 e. The summed E-state index contributed by atoms with van der Waals surface area (Å²) in [6.07, 6.45) is 71.7. The summed E-state index contributed by atoms with van der Waals surface area (Å²) in [4.78, 5) is 15.9. The molecule has 1 aromatic heterocycles. The van der Waals surface area contributed by atoms with Gasteiger partial charge in [0.1, 0.15) is 0 Å². The average Bonchev–Trinajstić information content (AvgIpc) is 1.87. The third kappa shape index (κ3) is 35.5. The van der Waals surface area contributed by atoms with Gasteiger partial charge in [-0.05, 0) is 147 Å². The molecule has 5 heteroatoms. The monoisotopic (exact) mass is 1190 g/mol. The SMILES string of the molecule is [CH2]c1ccc(-c2nc(Nc3cc(CCCCCCCCCC)c(CCCCCCCCCC)c(CCCCCCCCCC)c3)nc(Nc3cc(CCCCCCCCCC)c(CCCCCCCCCC)c(CCCCCCCCCC)c3)n2)cc1. The molecule has 0 saturated heterocycles. The molecular formula is C82H138N5. The van der Waals surface area contributed by atoms with Gasteiger partial charge in [0.15, 0.2) is 5.82 Å². The zero-order valence-electron chi connectivity index (χ0n) is 58.4. The van der Waals surface area contributed by atoms with Crippen molar-refractivity contribution in [2.24, 2.45) is 0 Å². The van der Waals surface area contributed by atoms with Gasteiger partial charge in [-0.1, -0.05) is 335 Å². The molecule has 0 fully saturated rings. The van der Waals surface area contributed by atoms with Gasteiger partial charge >= 0.3 is 0 Å². The minimum Gasteiger partial charge on any atom is -0.324 e. The Morgan fingerprint density at radius 2 is 0.483 bits per heavy atom. The van der Waals surface area contributed by atoms with Crippen molar-refractivity contribution in [2.45, 2.75) is 388 Å². The first-order valence-corrected chi connectivity index (χ1v) is 38.4. The second kappa shape index (κ2) is 52.0. The average molecular weight is 1190 g/mol. The van der Waals surface area contributed by atoms with Gasteiger partial charge in [-0.15, -0.1) is 0 Å². The molecule has 491 valence electrons. The summed E-state index contributed by atoms with van der Waals surface area (Å²) in [6.45, 7) is 18.2. The molecule has 1 radical (unpaired) electrons. The van der Waals surface area contributed by atoms with E-state index in [1.54, 1.807) is 33.4 Å². The van der Waals surface area contributed by atoms with Crippen molar-refractivity contribution in [1.82, 2.24) is 15.0 Å². The molecule has 0 atom stereocenters. The van der Waals surface area contributed by atoms with E-state index in [1.165, 1.54) is 321 Å². The molecule has 2 N–H and O–H groups in total. The molecule has 4 rings (SSSR count). The van der Waals surface area contributed by atoms with Crippen LogP contribution in [0.15, 0.2) is 48.5 Å². The van der Waals surface area contributed by atoms with Crippen LogP contribution in [0, 0.1) is 6.92 Å². The molecular weight excluding hydrogens is 1050 g/mol. The number of aryl methyl sites for hydroxylation is 4. The maximum Gasteiger partial charge on any atom is 0.232 e. The lowest BCUT2D eigenvalue weighted by atomic mass is 9.89. The molecule has 87 heavy (non-hydrogen) atoms. The summed E-state index contributed by atoms with van der Waals surface area (Å²) in [5.74, 6) is 1.90. The van der Waals surface area contributed by atoms with Gasteiger partial charge in [0.05, 0.1) is 0 Å². The van der Waals surface area contributed by atoms with E-state index >= 15 is 0 Å². The topological polar surface area (TPSA) is 62.7 Å². The predicted octanol–water partition coefficient (Wildman–Crippen LogP) is 27.3. The maximum atomic E-state index is 5.34. The van der Waals surface area contributed by atoms with E-state index in [4.69, 9.17) is 15.0 Å². The number of rotatable bonds is 59. The van der Waals surface area contributed by atoms with E-state index in [1.807, 2.05) is 0 Å². The molecule has 0 aliphatic carbocycles. The molecule has 5 nitrogen and oxygen atoms in total. The Labute approximate surface area is 540 Å². The van der Waals surface area contributed by atoms with Crippen LogP contribution in [-0.2, 0) is 38.5 Å². The van der Waals surface area contributed by atoms with Crippen LogP contribution in [-0.4, -0.2) is 15.0 Å². The maximum absolute atomic E-state index is 5.34. The van der Waals surface area contributed by atoms with E-state index in [0.29, 0.717) is 17.7 Å². The van der Waals surface area contributed by atoms with Crippen LogP contribution < -0.4 is 10.6 Å². The largest absolute Gasteiger partial charge is 0.324 e. The highest BCUT2D eigenvalue weighted by atomic mass is 15.2. The van der Waals surface area contributed by atoms with E-state index < -0.39 is 0 Å². The first-order valence-electron chi connectivity index (χ1n) is 38.4. The number of hydrogen-bond donors (Lipinski definition) is 2. The van der Waals surface area contributed by atoms with Crippen molar-refractivity contribution >= 4 is 23.3 Å². The van der Waals surface area contributed by atoms with Gasteiger partial charge in [0.2, 0.25) is 11.9 Å². The lowest BCUT2D eigenvalue weighted by Gasteiger charge is -2.20. The number of benzene rings is 3. The fourth-order valence-electron chi connectivity index (χ4n) is 13.5. The lowest BCUT2D eigenvalue weighted by Crippen LogP contribution is -2.09. The van der Waals surface area contributed by atoms with Gasteiger partial charge in [0.25, 0.3) is 0 Å². The zero-order chi connectivity index (χ0) is 61.9. The van der Waals surface area contributed by atoms with Crippen LogP contribution in [0.5, 0.6) is 0 Å². The van der Waals surface area contributed by atoms with Crippen LogP contribution in [0.4, 0.5) is 23.3 Å². The first-order chi connectivity index (χ1) is 42.9. The quantitative estimate of drug-likeness (QED) is 0.0431. The predicted molar refractivity (Wildman–Crippen MR) is 387 cm³/mol. The lowest BCUT2D eigenvalue weighted by molar-refractivity contribution is 0.567. The normalized spacial score (nSPS) is 11.6. The second-order valence-electron chi connectivity index (χ2n) is 27.1. The molecule has 0 bridgehead atoms. The summed E-state index contributed by atoms with van der Waals surface area (Å²) in [7, 11) is 0. The fraction of sp³-hybridized carbons (Fsp3) is 0.732. The van der Waals surface area contributed by atoms with Crippen LogP contribution in [0.1, 0.15) is 389 Å². The Hall–Kier alpha value is -3.73. The van der Waals surface area contributed by atoms with Crippen LogP contribution in [0.3, 0.4) is 0 Å². The molecule has 0 saturated carbocycles. The Balaban J connectivity index is 1.75. The van der Waals surface area contributed by atoms with Gasteiger partial charge in [-0.2, -0.15) is 15.0 Å². The third-order valence-electron chi connectivity index (χ3n) is 19.0. The summed E-state index contributed by atoms with van der Waals surface area (Å²) < 4.78 is 0. The molecule has 0 unspecified atom stereocenters. The van der Waals surface area contributed by atoms with E-state index in [-0.39, 0.29) is 0 Å². The Morgan fingerprint density at radius 1 is 0.264 bits per heavy atom. The van der Waals surface area contributed by atoms with Crippen molar-refractivity contribution in [3.63, 3.8) is 0 Å². The number of unbranched alkanes of at least 4 members (excludes halogenated alkanes) is 42. The Morgan fingerprint density at radius 3 is 0.724 bits per heavy atom. The fourth-order valence-corrected chi connectivity index (χ4v) is 13.5. The summed E-state index contributed by atoms with van der Waals surface area (Å²) in [5.41, 5.74) is 13.8. The van der Waals surface area contributed by atoms with E-state index in [0.717, 1.165) is 48.2 Å². The van der Waals surface area contributed by atoms with E-state index in [2.05, 4.69) is 108 Å². The summed E-state index contributed by atoms with van der Waals surface area (Å²) in [5, 5.41) is 7.79. The minimum absolute atomic E-state index is 0.609. The van der Waals surface area contributed by atoms with Crippen LogP contribution >= 0.6 is 0 Å². The summed E-state index contributed by atoms with van der Waals surface area (Å²) in [6, 6.07) is 18.4. The Kier molecular flexibility index (Phi) is 45.2. The van der Waals surface area contributed by atoms with Crippen LogP contribution in [0.2, 0.25) is 0 Å². The van der Waals surface area contributed by atoms with Crippen molar-refractivity contribution in [1.29, 1.82) is 0 Å². The standard InChI is InChI=1S/C82H138N5/c1-8-14-20-26-32-38-44-50-56-72-66-76(67-73(57-51-45-39-33-27-21-15-9-2)78(72)60-54-48-42-36-30-24-18-12-5)83-81-85-80(71-64-62-70(7)63-65-71)86-82(87-81)84-77-68-74(58-52-46-40-34-28-22-16-10-3)79(61-55-49-43-37-31-25-19-13-6)75(69-77)59-53-47-41-35-29-23-17-11-4/h62-69H,7-61H2,1-6H3,(H2,83,84,85,86,87). The van der Waals surface area contributed by atoms with Crippen molar-refractivity contribution < 1.29 is 0 Å². The second-order valence-corrected chi connectivity index (χ2v) is 27.1. The highest BCUT2D eigenvalue weighted by Crippen LogP contribution is 2.33. The molecule has 0 aliphatic rings. The number of aromatic nitrogens is 3. The van der Waals surface area contributed by atoms with E-state index in [9.17, 15) is 0 Å². The molecule has 0 amide bonds. The first kappa shape index (κ1) is 75.7. The molecule has 4 aromatic rings. The minimum atomic E-state index is 0.609. The van der Waals surface area contributed by atoms with Gasteiger partial charge in [-0.25, -0.2) is 0 Å². The van der Waals surface area contributed by atoms with Crippen LogP contribution in [0.25, 0.3) is 11.4 Å².